The molecule has 5 rings (SSSR count). The lowest BCUT2D eigenvalue weighted by Gasteiger charge is -2.33. The maximum absolute atomic E-state index is 11.3. The van der Waals surface area contributed by atoms with Crippen molar-refractivity contribution in [2.45, 2.75) is 51.4 Å². The first-order valence-electron chi connectivity index (χ1n) is 13.3. The number of nitrogens with zero attached hydrogens (tertiary/aromatic N) is 1. The molecule has 4 aromatic carbocycles. The minimum absolute atomic E-state index is 0.338. The van der Waals surface area contributed by atoms with Crippen molar-refractivity contribution in [2.24, 2.45) is 4.99 Å². The number of para-hydroxylation sites is 2. The van der Waals surface area contributed by atoms with E-state index < -0.39 is 13.3 Å². The summed E-state index contributed by atoms with van der Waals surface area (Å²) >= 11 is 0. The molecule has 0 amide bonds. The molecule has 4 aromatic rings. The van der Waals surface area contributed by atoms with Gasteiger partial charge in [-0.2, -0.15) is 0 Å². The lowest BCUT2D eigenvalue weighted by Crippen LogP contribution is -2.33. The predicted molar refractivity (Wildman–Crippen MR) is 160 cm³/mol. The summed E-state index contributed by atoms with van der Waals surface area (Å²) in [6.07, 6.45) is 1.94. The number of aromatic hydroxyl groups is 1. The minimum Gasteiger partial charge on any atom is -0.508 e. The van der Waals surface area contributed by atoms with Crippen LogP contribution in [0.25, 0.3) is 0 Å². The molecule has 1 aliphatic heterocycles. The van der Waals surface area contributed by atoms with Crippen LogP contribution in [0.3, 0.4) is 0 Å². The third-order valence-corrected chi connectivity index (χ3v) is 10.2. The van der Waals surface area contributed by atoms with E-state index in [1.165, 1.54) is 27.4 Å². The largest absolute Gasteiger partial charge is 0.508 e. The Hall–Kier alpha value is -3.22. The van der Waals surface area contributed by atoms with Crippen LogP contribution in [0.5, 0.6) is 5.75 Å². The van der Waals surface area contributed by atoms with Crippen molar-refractivity contribution in [2.75, 3.05) is 6.16 Å². The average molecular weight is 506 g/mol. The fraction of sp³-hybridized carbons (Fsp3) is 0.265. The molecule has 0 aliphatic carbocycles. The van der Waals surface area contributed by atoms with Crippen LogP contribution in [0.1, 0.15) is 68.2 Å². The molecule has 1 saturated heterocycles. The molecular weight excluding hydrogens is 469 g/mol. The zero-order valence-corrected chi connectivity index (χ0v) is 23.1. The van der Waals surface area contributed by atoms with Crippen LogP contribution in [0.2, 0.25) is 0 Å². The van der Waals surface area contributed by atoms with Crippen molar-refractivity contribution in [3.05, 3.63) is 125 Å². The topological polar surface area (TPSA) is 32.6 Å². The molecule has 0 radical (unpaired) electrons. The third-order valence-electron chi connectivity index (χ3n) is 7.61. The van der Waals surface area contributed by atoms with E-state index in [0.717, 1.165) is 23.8 Å². The summed E-state index contributed by atoms with van der Waals surface area (Å²) in [4.78, 5) is 5.74. The molecule has 1 N–H and O–H groups in total. The number of hydrogen-bond donors (Lipinski definition) is 1. The normalized spacial score (nSPS) is 20.7. The quantitative estimate of drug-likeness (QED) is 0.261. The Morgan fingerprint density at radius 1 is 0.703 bits per heavy atom. The highest BCUT2D eigenvalue weighted by molar-refractivity contribution is 7.82. The lowest BCUT2D eigenvalue weighted by atomic mass is 9.73. The van der Waals surface area contributed by atoms with Gasteiger partial charge < -0.3 is 5.11 Å². The lowest BCUT2D eigenvalue weighted by molar-refractivity contribution is 0.458. The molecule has 0 bridgehead atoms. The van der Waals surface area contributed by atoms with E-state index in [0.29, 0.717) is 17.6 Å². The van der Waals surface area contributed by atoms with E-state index in [1.54, 1.807) is 0 Å². The monoisotopic (exact) mass is 505 g/mol. The molecule has 1 aliphatic rings. The number of phenols is 1. The van der Waals surface area contributed by atoms with E-state index in [1.807, 2.05) is 18.2 Å². The van der Waals surface area contributed by atoms with E-state index in [9.17, 15) is 5.11 Å². The summed E-state index contributed by atoms with van der Waals surface area (Å²) in [7, 11) is -0.699. The molecule has 0 aromatic heterocycles. The Morgan fingerprint density at radius 3 is 1.86 bits per heavy atom. The Morgan fingerprint density at radius 2 is 1.27 bits per heavy atom. The standard InChI is InChI=1S/C34H36NOP/c1-24(2)28-18-13-19-29(25(3)4)32(28)35-33-34(26-14-7-5-8-15-26,30-20-11-12-21-31(30)36)22-23-37(33)27-16-9-6-10-17-27/h5-21,24-25,36H,22-23H2,1-4H3. The Kier molecular flexibility index (Phi) is 7.31. The number of benzene rings is 4. The van der Waals surface area contributed by atoms with Gasteiger partial charge in [0, 0.05) is 5.56 Å². The highest BCUT2D eigenvalue weighted by Crippen LogP contribution is 2.60. The molecule has 1 fully saturated rings. The van der Waals surface area contributed by atoms with Crippen LogP contribution >= 0.6 is 7.92 Å². The SMILES string of the molecule is CC(C)c1cccc(C(C)C)c1N=C1P(c2ccccc2)CCC1(c1ccccc1)c1ccccc1O. The van der Waals surface area contributed by atoms with E-state index in [4.69, 9.17) is 4.99 Å². The Balaban J connectivity index is 1.88. The predicted octanol–water partition coefficient (Wildman–Crippen LogP) is 8.87. The molecule has 0 saturated carbocycles. The maximum atomic E-state index is 11.3. The third kappa shape index (κ3) is 4.64. The van der Waals surface area contributed by atoms with Crippen LogP contribution in [0.4, 0.5) is 5.69 Å². The van der Waals surface area contributed by atoms with Gasteiger partial charge >= 0.3 is 0 Å². The van der Waals surface area contributed by atoms with Gasteiger partial charge in [0.15, 0.2) is 0 Å². The van der Waals surface area contributed by atoms with Gasteiger partial charge in [-0.05, 0) is 60.4 Å². The molecule has 2 unspecified atom stereocenters. The van der Waals surface area contributed by atoms with Crippen LogP contribution in [0.15, 0.2) is 108 Å². The molecular formula is C34H36NOP. The molecule has 2 nitrogen and oxygen atoms in total. The van der Waals surface area contributed by atoms with E-state index >= 15 is 0 Å². The highest BCUT2D eigenvalue weighted by Gasteiger charge is 2.50. The summed E-state index contributed by atoms with van der Waals surface area (Å²) in [5.41, 5.74) is 6.53. The molecule has 0 spiro atoms. The first-order chi connectivity index (χ1) is 17.9. The summed E-state index contributed by atoms with van der Waals surface area (Å²) in [5.74, 6) is 1.06. The van der Waals surface area contributed by atoms with Gasteiger partial charge in [-0.25, -0.2) is 0 Å². The first-order valence-corrected chi connectivity index (χ1v) is 14.8. The number of rotatable bonds is 6. The fourth-order valence-electron chi connectivity index (χ4n) is 5.73. The number of aliphatic imine (C=N–C) groups is 1. The minimum atomic E-state index is -0.699. The second-order valence-corrected chi connectivity index (χ2v) is 12.8. The maximum Gasteiger partial charge on any atom is 0.120 e. The van der Waals surface area contributed by atoms with Gasteiger partial charge in [0.25, 0.3) is 0 Å². The molecule has 188 valence electrons. The zero-order chi connectivity index (χ0) is 26.0. The molecule has 3 heteroatoms. The van der Waals surface area contributed by atoms with Crippen molar-refractivity contribution in [1.82, 2.24) is 0 Å². The van der Waals surface area contributed by atoms with Gasteiger partial charge in [-0.3, -0.25) is 4.99 Å². The van der Waals surface area contributed by atoms with Crippen molar-refractivity contribution in [1.29, 1.82) is 0 Å². The number of phenolic OH excluding ortho intramolecular Hbond substituents is 1. The Labute approximate surface area is 222 Å². The van der Waals surface area contributed by atoms with Gasteiger partial charge in [0.1, 0.15) is 5.75 Å². The average Bonchev–Trinajstić information content (AvgIpc) is 3.29. The van der Waals surface area contributed by atoms with E-state index in [-0.39, 0.29) is 0 Å². The fourth-order valence-corrected chi connectivity index (χ4v) is 8.58. The van der Waals surface area contributed by atoms with Gasteiger partial charge in [0.05, 0.1) is 16.6 Å². The second kappa shape index (κ2) is 10.6. The van der Waals surface area contributed by atoms with E-state index in [2.05, 4.69) is 113 Å². The van der Waals surface area contributed by atoms with Crippen LogP contribution < -0.4 is 5.30 Å². The molecule has 2 atom stereocenters. The van der Waals surface area contributed by atoms with Crippen molar-refractivity contribution >= 4 is 24.4 Å². The van der Waals surface area contributed by atoms with Crippen LogP contribution in [0, 0.1) is 0 Å². The number of hydrogen-bond acceptors (Lipinski definition) is 2. The smallest absolute Gasteiger partial charge is 0.120 e. The van der Waals surface area contributed by atoms with Gasteiger partial charge in [0.2, 0.25) is 0 Å². The summed E-state index contributed by atoms with van der Waals surface area (Å²) in [6.45, 7) is 9.02. The molecule has 1 heterocycles. The summed E-state index contributed by atoms with van der Waals surface area (Å²) in [6, 6.07) is 36.1. The van der Waals surface area contributed by atoms with Gasteiger partial charge in [-0.15, -0.1) is 0 Å². The molecule has 37 heavy (non-hydrogen) atoms. The van der Waals surface area contributed by atoms with Crippen LogP contribution in [-0.2, 0) is 5.41 Å². The zero-order valence-electron chi connectivity index (χ0n) is 22.2. The van der Waals surface area contributed by atoms with Crippen molar-refractivity contribution in [3.63, 3.8) is 0 Å². The van der Waals surface area contributed by atoms with Crippen molar-refractivity contribution in [3.8, 4) is 5.75 Å². The highest BCUT2D eigenvalue weighted by atomic mass is 31.1. The summed E-state index contributed by atoms with van der Waals surface area (Å²) in [5, 5.41) is 12.6. The summed E-state index contributed by atoms with van der Waals surface area (Å²) < 4.78 is 0. The van der Waals surface area contributed by atoms with Crippen molar-refractivity contribution < 1.29 is 5.11 Å². The first kappa shape index (κ1) is 25.4. The van der Waals surface area contributed by atoms with Crippen LogP contribution in [-0.4, -0.2) is 16.7 Å². The second-order valence-electron chi connectivity index (χ2n) is 10.6. The van der Waals surface area contributed by atoms with Gasteiger partial charge in [-0.1, -0.05) is 125 Å². The Bertz CT molecular complexity index is 1370.